The number of carbonyl (C=O) groups is 3. The smallest absolute Gasteiger partial charge is 0.374 e. The van der Waals surface area contributed by atoms with Crippen molar-refractivity contribution in [3.05, 3.63) is 68.4 Å². The maximum Gasteiger partial charge on any atom is 0.435 e. The molecule has 0 radical (unpaired) electrons. The molecule has 41 heavy (non-hydrogen) atoms. The Kier molecular flexibility index (Phi) is 7.54. The predicted molar refractivity (Wildman–Crippen MR) is 139 cm³/mol. The van der Waals surface area contributed by atoms with Gasteiger partial charge in [-0.25, -0.2) is 9.45 Å². The quantitative estimate of drug-likeness (QED) is 0.241. The summed E-state index contributed by atoms with van der Waals surface area (Å²) in [4.78, 5) is 50.8. The number of hydrogen-bond donors (Lipinski definition) is 0. The van der Waals surface area contributed by atoms with Gasteiger partial charge in [-0.15, -0.1) is 0 Å². The fourth-order valence-corrected chi connectivity index (χ4v) is 5.36. The summed E-state index contributed by atoms with van der Waals surface area (Å²) in [5.74, 6) is -3.12. The van der Waals surface area contributed by atoms with Gasteiger partial charge in [0.1, 0.15) is 12.6 Å². The van der Waals surface area contributed by atoms with Crippen molar-refractivity contribution in [2.45, 2.75) is 50.9 Å². The van der Waals surface area contributed by atoms with E-state index in [9.17, 15) is 31.9 Å². The molecular formula is C27H23Cl2F4N3O5. The molecule has 5 rings (SSSR count). The Balaban J connectivity index is 1.44. The summed E-state index contributed by atoms with van der Waals surface area (Å²) in [7, 11) is 0. The van der Waals surface area contributed by atoms with E-state index in [1.807, 2.05) is 0 Å². The molecular weight excluding hydrogens is 593 g/mol. The van der Waals surface area contributed by atoms with E-state index in [4.69, 9.17) is 32.9 Å². The van der Waals surface area contributed by atoms with E-state index < -0.39 is 63.4 Å². The van der Waals surface area contributed by atoms with Crippen molar-refractivity contribution in [1.82, 2.24) is 9.96 Å². The molecule has 2 aliphatic heterocycles. The molecule has 3 aliphatic rings. The number of hydrogen-bond acceptors (Lipinski definition) is 6. The van der Waals surface area contributed by atoms with Gasteiger partial charge >= 0.3 is 6.18 Å². The first-order valence-corrected chi connectivity index (χ1v) is 13.4. The van der Waals surface area contributed by atoms with Gasteiger partial charge in [0.05, 0.1) is 15.8 Å². The molecule has 2 aromatic carbocycles. The van der Waals surface area contributed by atoms with Gasteiger partial charge in [0.15, 0.2) is 5.82 Å². The lowest BCUT2D eigenvalue weighted by Gasteiger charge is -2.29. The third-order valence-corrected chi connectivity index (χ3v) is 7.88. The van der Waals surface area contributed by atoms with E-state index in [2.05, 4.69) is 5.16 Å². The summed E-state index contributed by atoms with van der Waals surface area (Å²) in [6.07, 6.45) is -4.57. The Morgan fingerprint density at radius 2 is 1.83 bits per heavy atom. The molecule has 0 spiro atoms. The highest BCUT2D eigenvalue weighted by Crippen LogP contribution is 2.50. The van der Waals surface area contributed by atoms with Crippen molar-refractivity contribution >= 4 is 46.6 Å². The standard InChI is InChI=1S/C27H23Cl2F4N3O5/c1-3-35-25(39)21(12-40-35)36(23(37)14-4-5-14)24(38)17-7-6-15(8-13(17)2)20-11-26(41-34-20,27(31,32)33)16-9-18(28)22(30)19(29)10-16/h6-10,14,21H,3-5,11-12H2,1-2H3/t21-,26?/m1/s1. The summed E-state index contributed by atoms with van der Waals surface area (Å²) >= 11 is 11.5. The molecule has 14 heteroatoms. The number of aryl methyl sites for hydroxylation is 1. The van der Waals surface area contributed by atoms with Crippen molar-refractivity contribution in [1.29, 1.82) is 0 Å². The van der Waals surface area contributed by atoms with Gasteiger partial charge in [0.25, 0.3) is 17.4 Å². The molecule has 2 atom stereocenters. The van der Waals surface area contributed by atoms with Crippen LogP contribution in [-0.4, -0.2) is 58.8 Å². The molecule has 218 valence electrons. The number of halogens is 6. The highest BCUT2D eigenvalue weighted by atomic mass is 35.5. The van der Waals surface area contributed by atoms with E-state index in [0.717, 1.165) is 22.1 Å². The monoisotopic (exact) mass is 615 g/mol. The Labute approximate surface area is 241 Å². The molecule has 2 heterocycles. The normalized spacial score (nSPS) is 22.5. The molecule has 0 aromatic heterocycles. The molecule has 3 amide bonds. The Hall–Kier alpha value is -3.22. The Morgan fingerprint density at radius 1 is 1.17 bits per heavy atom. The Bertz CT molecular complexity index is 1460. The van der Waals surface area contributed by atoms with E-state index in [1.54, 1.807) is 13.8 Å². The largest absolute Gasteiger partial charge is 0.435 e. The van der Waals surface area contributed by atoms with Crippen LogP contribution in [0.5, 0.6) is 0 Å². The first-order chi connectivity index (χ1) is 19.3. The van der Waals surface area contributed by atoms with E-state index in [-0.39, 0.29) is 35.9 Å². The number of carbonyl (C=O) groups excluding carboxylic acids is 3. The lowest BCUT2D eigenvalue weighted by atomic mass is 9.86. The molecule has 1 aliphatic carbocycles. The van der Waals surface area contributed by atoms with Crippen LogP contribution in [0.3, 0.4) is 0 Å². The van der Waals surface area contributed by atoms with Crippen LogP contribution in [-0.2, 0) is 24.9 Å². The van der Waals surface area contributed by atoms with Crippen LogP contribution in [0, 0.1) is 18.7 Å². The molecule has 1 unspecified atom stereocenters. The zero-order chi connectivity index (χ0) is 29.9. The second-order valence-electron chi connectivity index (χ2n) is 10.0. The van der Waals surface area contributed by atoms with Crippen molar-refractivity contribution < 1.29 is 41.6 Å². The summed E-state index contributed by atoms with van der Waals surface area (Å²) in [6.45, 7) is 3.32. The van der Waals surface area contributed by atoms with E-state index >= 15 is 0 Å². The minimum absolute atomic E-state index is 0.0872. The maximum absolute atomic E-state index is 14.4. The zero-order valence-electron chi connectivity index (χ0n) is 21.7. The average molecular weight is 616 g/mol. The van der Waals surface area contributed by atoms with Gasteiger partial charge in [-0.2, -0.15) is 13.2 Å². The van der Waals surface area contributed by atoms with Crippen LogP contribution in [0.1, 0.15) is 53.2 Å². The average Bonchev–Trinajstić information content (AvgIpc) is 3.56. The van der Waals surface area contributed by atoms with Crippen LogP contribution in [0.25, 0.3) is 0 Å². The molecule has 0 N–H and O–H groups in total. The van der Waals surface area contributed by atoms with Crippen LogP contribution in [0.15, 0.2) is 35.5 Å². The highest BCUT2D eigenvalue weighted by molar-refractivity contribution is 6.35. The highest BCUT2D eigenvalue weighted by Gasteiger charge is 2.62. The molecule has 2 fully saturated rings. The summed E-state index contributed by atoms with van der Waals surface area (Å²) in [5.41, 5.74) is -2.95. The summed E-state index contributed by atoms with van der Waals surface area (Å²) < 4.78 is 57.0. The predicted octanol–water partition coefficient (Wildman–Crippen LogP) is 5.56. The van der Waals surface area contributed by atoms with Gasteiger partial charge in [0.2, 0.25) is 5.91 Å². The number of likely N-dealkylation sites (N-methyl/N-ethyl adjacent to an activating group) is 1. The number of oxime groups is 1. The Morgan fingerprint density at radius 3 is 2.37 bits per heavy atom. The number of hydroxylamine groups is 2. The van der Waals surface area contributed by atoms with E-state index in [1.165, 1.54) is 18.2 Å². The number of rotatable bonds is 6. The van der Waals surface area contributed by atoms with Crippen molar-refractivity contribution in [2.75, 3.05) is 13.2 Å². The first-order valence-electron chi connectivity index (χ1n) is 12.7. The number of nitrogens with zero attached hydrogens (tertiary/aromatic N) is 3. The molecule has 8 nitrogen and oxygen atoms in total. The number of imide groups is 1. The number of amides is 3. The zero-order valence-corrected chi connectivity index (χ0v) is 23.2. The fraction of sp³-hybridized carbons (Fsp3) is 0.407. The van der Waals surface area contributed by atoms with Gasteiger partial charge in [-0.05, 0) is 62.1 Å². The van der Waals surface area contributed by atoms with Crippen molar-refractivity contribution in [2.24, 2.45) is 11.1 Å². The van der Waals surface area contributed by atoms with Crippen LogP contribution >= 0.6 is 23.2 Å². The number of alkyl halides is 3. The second kappa shape index (κ2) is 10.6. The molecule has 1 saturated carbocycles. The van der Waals surface area contributed by atoms with Crippen molar-refractivity contribution in [3.63, 3.8) is 0 Å². The lowest BCUT2D eigenvalue weighted by molar-refractivity contribution is -0.275. The molecule has 0 bridgehead atoms. The molecule has 1 saturated heterocycles. The van der Waals surface area contributed by atoms with Crippen LogP contribution in [0.4, 0.5) is 17.6 Å². The number of benzene rings is 2. The third kappa shape index (κ3) is 5.06. The van der Waals surface area contributed by atoms with Crippen LogP contribution < -0.4 is 0 Å². The second-order valence-corrected chi connectivity index (χ2v) is 10.9. The SMILES string of the molecule is CCN1OC[C@@H](N(C(=O)c2ccc(C3=NOC(c4cc(Cl)c(F)c(Cl)c4)(C(F)(F)F)C3)cc2C)C(=O)C2CC2)C1=O. The minimum atomic E-state index is -4.99. The van der Waals surface area contributed by atoms with Crippen molar-refractivity contribution in [3.8, 4) is 0 Å². The fourth-order valence-electron chi connectivity index (χ4n) is 4.88. The van der Waals surface area contributed by atoms with Gasteiger partial charge in [-0.3, -0.25) is 24.1 Å². The van der Waals surface area contributed by atoms with Gasteiger partial charge in [0, 0.05) is 30.0 Å². The molecule has 2 aromatic rings. The summed E-state index contributed by atoms with van der Waals surface area (Å²) in [5, 5.41) is 3.56. The van der Waals surface area contributed by atoms with Gasteiger partial charge in [-0.1, -0.05) is 34.4 Å². The topological polar surface area (TPSA) is 88.5 Å². The van der Waals surface area contributed by atoms with Gasteiger partial charge < -0.3 is 4.84 Å². The lowest BCUT2D eigenvalue weighted by Crippen LogP contribution is -2.50. The first kappa shape index (κ1) is 29.3. The van der Waals surface area contributed by atoms with E-state index in [0.29, 0.717) is 18.4 Å². The third-order valence-electron chi connectivity index (χ3n) is 7.33. The minimum Gasteiger partial charge on any atom is -0.374 e. The van der Waals surface area contributed by atoms with Crippen LogP contribution in [0.2, 0.25) is 10.0 Å². The summed E-state index contributed by atoms with van der Waals surface area (Å²) in [6, 6.07) is 4.65. The maximum atomic E-state index is 14.4.